The number of nitrogens with zero attached hydrogens (tertiary/aromatic N) is 2. The normalized spacial score (nSPS) is 14.9. The number of piperazine rings is 1. The second-order valence-corrected chi connectivity index (χ2v) is 9.03. The van der Waals surface area contributed by atoms with Gasteiger partial charge in [-0.3, -0.25) is 4.90 Å². The number of hydrogen-bond acceptors (Lipinski definition) is 5. The molecule has 4 rings (SSSR count). The van der Waals surface area contributed by atoms with Crippen LogP contribution >= 0.6 is 0 Å². The van der Waals surface area contributed by atoms with E-state index in [-0.39, 0.29) is 0 Å². The Morgan fingerprint density at radius 1 is 1.09 bits per heavy atom. The second kappa shape index (κ2) is 11.9. The predicted molar refractivity (Wildman–Crippen MR) is 136 cm³/mol. The first-order valence-corrected chi connectivity index (χ1v) is 12.3. The van der Waals surface area contributed by atoms with Crippen LogP contribution in [0.4, 0.5) is 4.79 Å². The Morgan fingerprint density at radius 2 is 1.88 bits per heavy atom. The van der Waals surface area contributed by atoms with Crippen LogP contribution in [0.15, 0.2) is 48.7 Å². The van der Waals surface area contributed by atoms with Crippen molar-refractivity contribution < 1.29 is 14.3 Å². The van der Waals surface area contributed by atoms with Gasteiger partial charge >= 0.3 is 6.09 Å². The number of hydrogen-bond donors (Lipinski definition) is 2. The molecule has 7 heteroatoms. The fraction of sp³-hybridized carbons (Fsp3) is 0.444. The maximum atomic E-state index is 12.4. The SMILES string of the molecule is CCCCc1cc(OCc2c[nH]c3ccccc23)cc(OC(=O)NCCN2CCN(C)CC2)c1. The number of H-pyrrole nitrogens is 1. The van der Waals surface area contributed by atoms with Crippen LogP contribution < -0.4 is 14.8 Å². The Morgan fingerprint density at radius 3 is 2.71 bits per heavy atom. The average Bonchev–Trinajstić information content (AvgIpc) is 3.26. The standard InChI is InChI=1S/C27H36N4O3/c1-3-4-7-21-16-23(33-20-22-19-29-26-9-6-5-8-25(22)26)18-24(17-21)34-27(32)28-10-11-31-14-12-30(2)13-15-31/h5-6,8-9,16-19,29H,3-4,7,10-15,20H2,1-2H3,(H,28,32). The van der Waals surface area contributed by atoms with Crippen molar-refractivity contribution in [3.8, 4) is 11.5 Å². The molecule has 2 heterocycles. The molecule has 0 unspecified atom stereocenters. The number of amides is 1. The summed E-state index contributed by atoms with van der Waals surface area (Å²) in [6.45, 7) is 8.21. The van der Waals surface area contributed by atoms with Crippen LogP contribution in [0.2, 0.25) is 0 Å². The van der Waals surface area contributed by atoms with Crippen LogP contribution in [0.3, 0.4) is 0 Å². The van der Waals surface area contributed by atoms with E-state index in [1.165, 1.54) is 0 Å². The Kier molecular flexibility index (Phi) is 8.44. The molecule has 3 aromatic rings. The molecule has 1 aliphatic rings. The van der Waals surface area contributed by atoms with Crippen LogP contribution in [-0.2, 0) is 13.0 Å². The van der Waals surface area contributed by atoms with E-state index in [4.69, 9.17) is 9.47 Å². The topological polar surface area (TPSA) is 69.8 Å². The summed E-state index contributed by atoms with van der Waals surface area (Å²) in [5, 5.41) is 4.04. The Hall–Kier alpha value is -3.03. The van der Waals surface area contributed by atoms with Crippen molar-refractivity contribution in [2.75, 3.05) is 46.3 Å². The Labute approximate surface area is 202 Å². The number of aromatic amines is 1. The minimum atomic E-state index is -0.427. The third kappa shape index (κ3) is 6.74. The first-order valence-electron chi connectivity index (χ1n) is 12.3. The number of benzene rings is 2. The van der Waals surface area contributed by atoms with Crippen molar-refractivity contribution in [2.45, 2.75) is 32.8 Å². The maximum Gasteiger partial charge on any atom is 0.412 e. The van der Waals surface area contributed by atoms with Gasteiger partial charge in [-0.1, -0.05) is 31.5 Å². The van der Waals surface area contributed by atoms with Crippen LogP contribution in [0.25, 0.3) is 10.9 Å². The third-order valence-corrected chi connectivity index (χ3v) is 6.33. The number of para-hydroxylation sites is 1. The number of nitrogens with one attached hydrogen (secondary N) is 2. The Bertz CT molecular complexity index is 1070. The van der Waals surface area contributed by atoms with Crippen molar-refractivity contribution in [1.82, 2.24) is 20.1 Å². The van der Waals surface area contributed by atoms with Gasteiger partial charge in [0.25, 0.3) is 0 Å². The molecule has 2 N–H and O–H groups in total. The molecule has 0 saturated carbocycles. The minimum Gasteiger partial charge on any atom is -0.489 e. The number of unbranched alkanes of at least 4 members (excludes halogenated alkanes) is 1. The number of aromatic nitrogens is 1. The summed E-state index contributed by atoms with van der Waals surface area (Å²) in [6.07, 6.45) is 4.65. The van der Waals surface area contributed by atoms with Gasteiger partial charge in [0.15, 0.2) is 0 Å². The summed E-state index contributed by atoms with van der Waals surface area (Å²) >= 11 is 0. The summed E-state index contributed by atoms with van der Waals surface area (Å²) in [5.41, 5.74) is 3.30. The van der Waals surface area contributed by atoms with Crippen molar-refractivity contribution in [3.05, 3.63) is 59.8 Å². The van der Waals surface area contributed by atoms with E-state index in [1.54, 1.807) is 6.07 Å². The molecule has 1 aromatic heterocycles. The zero-order valence-electron chi connectivity index (χ0n) is 20.3. The van der Waals surface area contributed by atoms with Crippen molar-refractivity contribution in [3.63, 3.8) is 0 Å². The maximum absolute atomic E-state index is 12.4. The summed E-state index contributed by atoms with van der Waals surface area (Å²) < 4.78 is 11.8. The van der Waals surface area contributed by atoms with Gasteiger partial charge in [0.2, 0.25) is 0 Å². The second-order valence-electron chi connectivity index (χ2n) is 9.03. The van der Waals surface area contributed by atoms with Crippen LogP contribution in [-0.4, -0.2) is 67.2 Å². The number of carbonyl (C=O) groups excluding carboxylic acids is 1. The minimum absolute atomic E-state index is 0.427. The molecule has 1 fully saturated rings. The summed E-state index contributed by atoms with van der Waals surface area (Å²) in [6, 6.07) is 14.0. The highest BCUT2D eigenvalue weighted by atomic mass is 16.6. The highest BCUT2D eigenvalue weighted by molar-refractivity contribution is 5.82. The molecule has 0 radical (unpaired) electrons. The number of likely N-dealkylation sites (N-methyl/N-ethyl adjacent to an activating group) is 1. The average molecular weight is 465 g/mol. The molecule has 7 nitrogen and oxygen atoms in total. The lowest BCUT2D eigenvalue weighted by molar-refractivity contribution is 0.152. The molecule has 34 heavy (non-hydrogen) atoms. The van der Waals surface area contributed by atoms with Gasteiger partial charge in [0.1, 0.15) is 18.1 Å². The van der Waals surface area contributed by atoms with E-state index in [9.17, 15) is 4.79 Å². The molecule has 1 saturated heterocycles. The van der Waals surface area contributed by atoms with E-state index < -0.39 is 6.09 Å². The molecular weight excluding hydrogens is 428 g/mol. The van der Waals surface area contributed by atoms with Crippen molar-refractivity contribution >= 4 is 17.0 Å². The lowest BCUT2D eigenvalue weighted by Crippen LogP contribution is -2.47. The number of fused-ring (bicyclic) bond motifs is 1. The van der Waals surface area contributed by atoms with Gasteiger partial charge in [0, 0.05) is 68.0 Å². The molecule has 1 aliphatic heterocycles. The molecule has 0 atom stereocenters. The van der Waals surface area contributed by atoms with E-state index in [0.717, 1.165) is 74.0 Å². The molecule has 182 valence electrons. The lowest BCUT2D eigenvalue weighted by atomic mass is 10.1. The molecule has 0 bridgehead atoms. The molecule has 0 aliphatic carbocycles. The quantitative estimate of drug-likeness (QED) is 0.465. The van der Waals surface area contributed by atoms with E-state index in [2.05, 4.69) is 46.2 Å². The number of ether oxygens (including phenoxy) is 2. The van der Waals surface area contributed by atoms with Gasteiger partial charge in [-0.2, -0.15) is 0 Å². The monoisotopic (exact) mass is 464 g/mol. The van der Waals surface area contributed by atoms with E-state index in [0.29, 0.717) is 24.7 Å². The van der Waals surface area contributed by atoms with Crippen molar-refractivity contribution in [2.24, 2.45) is 0 Å². The zero-order valence-corrected chi connectivity index (χ0v) is 20.3. The van der Waals surface area contributed by atoms with Gasteiger partial charge in [0.05, 0.1) is 0 Å². The van der Waals surface area contributed by atoms with Gasteiger partial charge in [-0.25, -0.2) is 4.79 Å². The van der Waals surface area contributed by atoms with Gasteiger partial charge in [-0.05, 0) is 43.7 Å². The van der Waals surface area contributed by atoms with Crippen LogP contribution in [0, 0.1) is 0 Å². The summed E-state index contributed by atoms with van der Waals surface area (Å²) in [4.78, 5) is 20.4. The number of rotatable bonds is 10. The smallest absolute Gasteiger partial charge is 0.412 e. The first kappa shape index (κ1) is 24.1. The largest absolute Gasteiger partial charge is 0.489 e. The first-order chi connectivity index (χ1) is 16.6. The molecule has 0 spiro atoms. The third-order valence-electron chi connectivity index (χ3n) is 6.33. The highest BCUT2D eigenvalue weighted by Gasteiger charge is 2.14. The van der Waals surface area contributed by atoms with E-state index >= 15 is 0 Å². The number of carbonyl (C=O) groups is 1. The molecular formula is C27H36N4O3. The predicted octanol–water partition coefficient (Wildman–Crippen LogP) is 4.43. The zero-order chi connectivity index (χ0) is 23.8. The summed E-state index contributed by atoms with van der Waals surface area (Å²) in [7, 11) is 2.14. The Balaban J connectivity index is 1.35. The van der Waals surface area contributed by atoms with Crippen LogP contribution in [0.5, 0.6) is 11.5 Å². The fourth-order valence-electron chi connectivity index (χ4n) is 4.24. The van der Waals surface area contributed by atoms with Crippen LogP contribution in [0.1, 0.15) is 30.9 Å². The van der Waals surface area contributed by atoms with Crippen molar-refractivity contribution in [1.29, 1.82) is 0 Å². The van der Waals surface area contributed by atoms with Gasteiger partial charge in [-0.15, -0.1) is 0 Å². The molecule has 2 aromatic carbocycles. The fourth-order valence-corrected chi connectivity index (χ4v) is 4.24. The highest BCUT2D eigenvalue weighted by Crippen LogP contribution is 2.26. The lowest BCUT2D eigenvalue weighted by Gasteiger charge is -2.32. The van der Waals surface area contributed by atoms with Gasteiger partial charge < -0.3 is 24.7 Å². The van der Waals surface area contributed by atoms with E-state index in [1.807, 2.05) is 30.5 Å². The number of aryl methyl sites for hydroxylation is 1. The summed E-state index contributed by atoms with van der Waals surface area (Å²) in [5.74, 6) is 1.22. The molecule has 1 amide bonds.